The molecule has 1 saturated heterocycles. The first-order valence-corrected chi connectivity index (χ1v) is 6.06. The van der Waals surface area contributed by atoms with Crippen molar-refractivity contribution in [3.05, 3.63) is 0 Å². The highest BCUT2D eigenvalue weighted by molar-refractivity contribution is 5.96. The summed E-state index contributed by atoms with van der Waals surface area (Å²) in [5.41, 5.74) is 0. The molecule has 6 heteroatoms. The summed E-state index contributed by atoms with van der Waals surface area (Å²) in [7, 11) is 2.06. The number of carbonyl (C=O) groups excluding carboxylic acids is 2. The molecular formula is C11H22N4O2. The van der Waals surface area contributed by atoms with Gasteiger partial charge in [-0.05, 0) is 33.9 Å². The molecule has 1 fully saturated rings. The summed E-state index contributed by atoms with van der Waals surface area (Å²) in [5.74, 6) is -0.287. The van der Waals surface area contributed by atoms with Crippen molar-refractivity contribution in [1.82, 2.24) is 20.9 Å². The van der Waals surface area contributed by atoms with Gasteiger partial charge in [-0.2, -0.15) is 0 Å². The van der Waals surface area contributed by atoms with Crippen LogP contribution >= 0.6 is 0 Å². The standard InChI is InChI=1S/C11H22N4O2/c1-4-12-11(17)14-10(16)8(2)13-9-5-6-15(3)7-9/h8-9,13H,4-7H2,1-3H3,(H2,12,14,16,17). The molecule has 0 aromatic rings. The number of amides is 3. The summed E-state index contributed by atoms with van der Waals surface area (Å²) in [6, 6.07) is -0.459. The van der Waals surface area contributed by atoms with Gasteiger partial charge in [0.25, 0.3) is 0 Å². The highest BCUT2D eigenvalue weighted by Crippen LogP contribution is 2.06. The Morgan fingerprint density at radius 2 is 2.18 bits per heavy atom. The van der Waals surface area contributed by atoms with Gasteiger partial charge in [-0.1, -0.05) is 0 Å². The monoisotopic (exact) mass is 242 g/mol. The smallest absolute Gasteiger partial charge is 0.321 e. The topological polar surface area (TPSA) is 73.5 Å². The molecule has 98 valence electrons. The van der Waals surface area contributed by atoms with Crippen LogP contribution in [0.3, 0.4) is 0 Å². The molecular weight excluding hydrogens is 220 g/mol. The normalized spacial score (nSPS) is 22.2. The SMILES string of the molecule is CCNC(=O)NC(=O)C(C)NC1CCN(C)C1. The largest absolute Gasteiger partial charge is 0.338 e. The van der Waals surface area contributed by atoms with Crippen molar-refractivity contribution in [1.29, 1.82) is 0 Å². The summed E-state index contributed by atoms with van der Waals surface area (Å²) in [5, 5.41) is 8.05. The number of nitrogens with zero attached hydrogens (tertiary/aromatic N) is 1. The van der Waals surface area contributed by atoms with E-state index in [0.717, 1.165) is 19.5 Å². The van der Waals surface area contributed by atoms with Crippen LogP contribution in [-0.2, 0) is 4.79 Å². The molecule has 1 heterocycles. The molecule has 2 atom stereocenters. The molecule has 2 unspecified atom stereocenters. The van der Waals surface area contributed by atoms with Gasteiger partial charge in [0, 0.05) is 19.1 Å². The Morgan fingerprint density at radius 1 is 1.47 bits per heavy atom. The van der Waals surface area contributed by atoms with Crippen molar-refractivity contribution in [3.63, 3.8) is 0 Å². The van der Waals surface area contributed by atoms with Gasteiger partial charge in [-0.3, -0.25) is 10.1 Å². The maximum absolute atomic E-state index is 11.6. The lowest BCUT2D eigenvalue weighted by Gasteiger charge is -2.18. The zero-order valence-electron chi connectivity index (χ0n) is 10.7. The maximum Gasteiger partial charge on any atom is 0.321 e. The minimum Gasteiger partial charge on any atom is -0.338 e. The zero-order valence-corrected chi connectivity index (χ0v) is 10.7. The number of hydrogen-bond donors (Lipinski definition) is 3. The van der Waals surface area contributed by atoms with E-state index in [1.54, 1.807) is 13.8 Å². The maximum atomic E-state index is 11.6. The van der Waals surface area contributed by atoms with Crippen molar-refractivity contribution in [2.45, 2.75) is 32.4 Å². The minimum atomic E-state index is -0.435. The van der Waals surface area contributed by atoms with E-state index in [4.69, 9.17) is 0 Å². The number of likely N-dealkylation sites (tertiary alicyclic amines) is 1. The lowest BCUT2D eigenvalue weighted by molar-refractivity contribution is -0.121. The predicted octanol–water partition coefficient (Wildman–Crippen LogP) is -0.486. The van der Waals surface area contributed by atoms with E-state index in [1.165, 1.54) is 0 Å². The Kier molecular flexibility index (Phi) is 5.37. The highest BCUT2D eigenvalue weighted by Gasteiger charge is 2.23. The molecule has 1 rings (SSSR count). The van der Waals surface area contributed by atoms with Gasteiger partial charge in [0.1, 0.15) is 0 Å². The lowest BCUT2D eigenvalue weighted by Crippen LogP contribution is -2.50. The summed E-state index contributed by atoms with van der Waals surface area (Å²) < 4.78 is 0. The molecule has 0 saturated carbocycles. The second-order valence-electron chi connectivity index (χ2n) is 4.48. The first-order valence-electron chi connectivity index (χ1n) is 6.06. The van der Waals surface area contributed by atoms with Gasteiger partial charge in [0.15, 0.2) is 0 Å². The van der Waals surface area contributed by atoms with Crippen LogP contribution in [0.25, 0.3) is 0 Å². The van der Waals surface area contributed by atoms with Crippen molar-refractivity contribution < 1.29 is 9.59 Å². The van der Waals surface area contributed by atoms with E-state index in [0.29, 0.717) is 12.6 Å². The number of carbonyl (C=O) groups is 2. The third-order valence-corrected chi connectivity index (χ3v) is 2.84. The van der Waals surface area contributed by atoms with Crippen molar-refractivity contribution in [3.8, 4) is 0 Å². The van der Waals surface area contributed by atoms with Gasteiger partial charge in [-0.25, -0.2) is 4.79 Å². The fraction of sp³-hybridized carbons (Fsp3) is 0.818. The average molecular weight is 242 g/mol. The number of rotatable bonds is 4. The van der Waals surface area contributed by atoms with Crippen LogP contribution in [0.1, 0.15) is 20.3 Å². The van der Waals surface area contributed by atoms with E-state index in [9.17, 15) is 9.59 Å². The molecule has 0 radical (unpaired) electrons. The molecule has 0 bridgehead atoms. The molecule has 0 aliphatic carbocycles. The number of imide groups is 1. The van der Waals surface area contributed by atoms with Crippen LogP contribution in [0.15, 0.2) is 0 Å². The fourth-order valence-electron chi connectivity index (χ4n) is 1.93. The second-order valence-corrected chi connectivity index (χ2v) is 4.48. The van der Waals surface area contributed by atoms with E-state index >= 15 is 0 Å². The number of hydrogen-bond acceptors (Lipinski definition) is 4. The number of likely N-dealkylation sites (N-methyl/N-ethyl adjacent to an activating group) is 1. The van der Waals surface area contributed by atoms with Crippen molar-refractivity contribution >= 4 is 11.9 Å². The highest BCUT2D eigenvalue weighted by atomic mass is 16.2. The Labute approximate surface area is 102 Å². The van der Waals surface area contributed by atoms with Crippen LogP contribution in [-0.4, -0.2) is 55.6 Å². The fourth-order valence-corrected chi connectivity index (χ4v) is 1.93. The molecule has 1 aliphatic heterocycles. The van der Waals surface area contributed by atoms with Crippen LogP contribution in [0.2, 0.25) is 0 Å². The third kappa shape index (κ3) is 4.70. The summed E-state index contributed by atoms with van der Waals surface area (Å²) in [6.07, 6.45) is 1.04. The third-order valence-electron chi connectivity index (χ3n) is 2.84. The molecule has 6 nitrogen and oxygen atoms in total. The minimum absolute atomic E-state index is 0.287. The van der Waals surface area contributed by atoms with Gasteiger partial charge in [-0.15, -0.1) is 0 Å². The van der Waals surface area contributed by atoms with E-state index < -0.39 is 6.03 Å². The average Bonchev–Trinajstić information content (AvgIpc) is 2.64. The zero-order chi connectivity index (χ0) is 12.8. The summed E-state index contributed by atoms with van der Waals surface area (Å²) in [6.45, 7) is 6.07. The van der Waals surface area contributed by atoms with Gasteiger partial charge in [0.2, 0.25) is 5.91 Å². The van der Waals surface area contributed by atoms with Crippen molar-refractivity contribution in [2.75, 3.05) is 26.7 Å². The molecule has 0 aromatic carbocycles. The van der Waals surface area contributed by atoms with Crippen LogP contribution in [0, 0.1) is 0 Å². The van der Waals surface area contributed by atoms with Gasteiger partial charge >= 0.3 is 6.03 Å². The van der Waals surface area contributed by atoms with Crippen molar-refractivity contribution in [2.24, 2.45) is 0 Å². The number of nitrogens with one attached hydrogen (secondary N) is 3. The Balaban J connectivity index is 2.29. The molecule has 3 N–H and O–H groups in total. The van der Waals surface area contributed by atoms with E-state index in [-0.39, 0.29) is 11.9 Å². The summed E-state index contributed by atoms with van der Waals surface area (Å²) in [4.78, 5) is 25.0. The van der Waals surface area contributed by atoms with Crippen LogP contribution in [0.4, 0.5) is 4.79 Å². The van der Waals surface area contributed by atoms with Gasteiger partial charge in [0.05, 0.1) is 6.04 Å². The quantitative estimate of drug-likeness (QED) is 0.622. The Bertz CT molecular complexity index is 283. The first-order chi connectivity index (χ1) is 8.02. The number of urea groups is 1. The van der Waals surface area contributed by atoms with E-state index in [1.807, 2.05) is 0 Å². The van der Waals surface area contributed by atoms with Gasteiger partial charge < -0.3 is 15.5 Å². The van der Waals surface area contributed by atoms with Crippen LogP contribution in [0.5, 0.6) is 0 Å². The van der Waals surface area contributed by atoms with Crippen LogP contribution < -0.4 is 16.0 Å². The van der Waals surface area contributed by atoms with E-state index in [2.05, 4.69) is 27.9 Å². The molecule has 0 aromatic heterocycles. The molecule has 0 spiro atoms. The Morgan fingerprint density at radius 3 is 2.71 bits per heavy atom. The molecule has 3 amide bonds. The Hall–Kier alpha value is -1.14. The molecule has 17 heavy (non-hydrogen) atoms. The lowest BCUT2D eigenvalue weighted by atomic mass is 10.2. The first kappa shape index (κ1) is 13.9. The molecule has 1 aliphatic rings. The second kappa shape index (κ2) is 6.56. The predicted molar refractivity (Wildman–Crippen MR) is 65.7 cm³/mol. The summed E-state index contributed by atoms with van der Waals surface area (Å²) >= 11 is 0.